The van der Waals surface area contributed by atoms with Crippen LogP contribution in [0.3, 0.4) is 0 Å². The van der Waals surface area contributed by atoms with Crippen LogP contribution in [0.4, 0.5) is 0 Å². The highest BCUT2D eigenvalue weighted by Gasteiger charge is 2.15. The minimum atomic E-state index is -0.115. The molecular formula is C25H30ClN7O. The number of hydrogen-bond acceptors (Lipinski definition) is 7. The van der Waals surface area contributed by atoms with Gasteiger partial charge in [-0.05, 0) is 50.3 Å². The summed E-state index contributed by atoms with van der Waals surface area (Å²) in [7, 11) is 0. The van der Waals surface area contributed by atoms with E-state index in [-0.39, 0.29) is 5.90 Å². The predicted octanol–water partition coefficient (Wildman–Crippen LogP) is 5.82. The first kappa shape index (κ1) is 25.2. The minimum Gasteiger partial charge on any atom is -0.428 e. The number of imidazole rings is 1. The molecule has 9 heteroatoms. The highest BCUT2D eigenvalue weighted by atomic mass is 35.5. The number of aryl methyl sites for hydroxylation is 2. The van der Waals surface area contributed by atoms with E-state index in [0.717, 1.165) is 67.0 Å². The number of halogens is 1. The van der Waals surface area contributed by atoms with Gasteiger partial charge in [0.05, 0.1) is 17.0 Å². The van der Waals surface area contributed by atoms with Crippen LogP contribution in [0.5, 0.6) is 0 Å². The molecule has 178 valence electrons. The standard InChI is InChI=1S/C25H30ClN7O/c1-4-13-33-23(32-21-14-19(15-30-25(21)33)24(28)34-16-27)10-9-18(5-2)11-12-29-17(3)20-7-6-8-22(26)31-20/h6-8,11-12,14-16,18,27-28H,4-5,9-10,13H2,1-3H3/b12-11-,27-16?,28-24?,29-17?. The topological polar surface area (TPSA) is 113 Å². The molecule has 0 fully saturated rings. The predicted molar refractivity (Wildman–Crippen MR) is 137 cm³/mol. The van der Waals surface area contributed by atoms with Crippen LogP contribution in [0.2, 0.25) is 5.15 Å². The molecule has 0 saturated heterocycles. The smallest absolute Gasteiger partial charge is 0.222 e. The SMILES string of the molecule is CCCn1c(CCC(/C=C\N=C(C)c2cccc(Cl)n2)CC)nc2cc(C(=N)OC=N)cnc21. The van der Waals surface area contributed by atoms with Crippen LogP contribution < -0.4 is 0 Å². The second-order valence-corrected chi connectivity index (χ2v) is 8.31. The molecule has 3 heterocycles. The average Bonchev–Trinajstić information content (AvgIpc) is 3.18. The molecule has 0 aliphatic heterocycles. The lowest BCUT2D eigenvalue weighted by molar-refractivity contribution is 0.544. The molecule has 3 rings (SSSR count). The summed E-state index contributed by atoms with van der Waals surface area (Å²) in [5, 5.41) is 15.4. The monoisotopic (exact) mass is 479 g/mol. The lowest BCUT2D eigenvalue weighted by Gasteiger charge is -2.11. The number of rotatable bonds is 11. The quantitative estimate of drug-likeness (QED) is 0.205. The van der Waals surface area contributed by atoms with E-state index in [9.17, 15) is 0 Å². The van der Waals surface area contributed by atoms with Crippen LogP contribution in [0, 0.1) is 16.7 Å². The number of aromatic nitrogens is 4. The van der Waals surface area contributed by atoms with Crippen LogP contribution in [-0.2, 0) is 17.7 Å². The summed E-state index contributed by atoms with van der Waals surface area (Å²) < 4.78 is 7.02. The number of ether oxygens (including phenoxy) is 1. The van der Waals surface area contributed by atoms with Crippen LogP contribution >= 0.6 is 11.6 Å². The van der Waals surface area contributed by atoms with E-state index in [0.29, 0.717) is 16.6 Å². The summed E-state index contributed by atoms with van der Waals surface area (Å²) in [6.07, 6.45) is 10.0. The van der Waals surface area contributed by atoms with Crippen molar-refractivity contribution in [3.8, 4) is 0 Å². The number of nitrogens with one attached hydrogen (secondary N) is 2. The fraction of sp³-hybridized carbons (Fsp3) is 0.360. The molecule has 0 aliphatic rings. The van der Waals surface area contributed by atoms with Crippen molar-refractivity contribution in [3.05, 3.63) is 65.0 Å². The number of hydrogen-bond donors (Lipinski definition) is 2. The molecular weight excluding hydrogens is 450 g/mol. The normalized spacial score (nSPS) is 12.9. The first-order chi connectivity index (χ1) is 16.5. The second-order valence-electron chi connectivity index (χ2n) is 7.92. The molecule has 8 nitrogen and oxygen atoms in total. The average molecular weight is 480 g/mol. The zero-order chi connectivity index (χ0) is 24.5. The number of aliphatic imine (C=N–C) groups is 1. The summed E-state index contributed by atoms with van der Waals surface area (Å²) in [6, 6.07) is 7.30. The van der Waals surface area contributed by atoms with E-state index in [2.05, 4.69) is 39.5 Å². The zero-order valence-corrected chi connectivity index (χ0v) is 20.5. The van der Waals surface area contributed by atoms with Gasteiger partial charge in [-0.25, -0.2) is 15.0 Å². The summed E-state index contributed by atoms with van der Waals surface area (Å²) in [5.41, 5.74) is 3.63. The summed E-state index contributed by atoms with van der Waals surface area (Å²) in [5.74, 6) is 1.23. The summed E-state index contributed by atoms with van der Waals surface area (Å²) in [4.78, 5) is 18.2. The zero-order valence-electron chi connectivity index (χ0n) is 19.8. The third-order valence-corrected chi connectivity index (χ3v) is 5.74. The van der Waals surface area contributed by atoms with Gasteiger partial charge in [0.15, 0.2) is 12.0 Å². The van der Waals surface area contributed by atoms with Crippen molar-refractivity contribution >= 4 is 40.8 Å². The van der Waals surface area contributed by atoms with Gasteiger partial charge in [0.2, 0.25) is 5.90 Å². The van der Waals surface area contributed by atoms with E-state index in [1.807, 2.05) is 25.3 Å². The van der Waals surface area contributed by atoms with Gasteiger partial charge in [0.25, 0.3) is 0 Å². The molecule has 0 bridgehead atoms. The fourth-order valence-electron chi connectivity index (χ4n) is 3.66. The first-order valence-corrected chi connectivity index (χ1v) is 11.8. The van der Waals surface area contributed by atoms with Crippen molar-refractivity contribution in [2.24, 2.45) is 10.9 Å². The molecule has 0 saturated carbocycles. The molecule has 3 aromatic rings. The van der Waals surface area contributed by atoms with Gasteiger partial charge in [-0.2, -0.15) is 0 Å². The Morgan fingerprint density at radius 3 is 2.82 bits per heavy atom. The Morgan fingerprint density at radius 1 is 1.29 bits per heavy atom. The van der Waals surface area contributed by atoms with Gasteiger partial charge in [-0.1, -0.05) is 37.6 Å². The maximum Gasteiger partial charge on any atom is 0.222 e. The van der Waals surface area contributed by atoms with Gasteiger partial charge in [-0.3, -0.25) is 15.8 Å². The largest absolute Gasteiger partial charge is 0.428 e. The number of fused-ring (bicyclic) bond motifs is 1. The van der Waals surface area contributed by atoms with E-state index < -0.39 is 0 Å². The molecule has 0 aliphatic carbocycles. The molecule has 2 N–H and O–H groups in total. The van der Waals surface area contributed by atoms with Gasteiger partial charge >= 0.3 is 0 Å². The Bertz CT molecular complexity index is 1220. The van der Waals surface area contributed by atoms with E-state index >= 15 is 0 Å². The Hall–Kier alpha value is -3.39. The number of pyridine rings is 2. The second kappa shape index (κ2) is 12.2. The Balaban J connectivity index is 1.74. The molecule has 0 radical (unpaired) electrons. The summed E-state index contributed by atoms with van der Waals surface area (Å²) in [6.45, 7) is 7.05. The maximum atomic E-state index is 7.89. The lowest BCUT2D eigenvalue weighted by Crippen LogP contribution is -2.07. The van der Waals surface area contributed by atoms with Crippen LogP contribution in [-0.4, -0.2) is 37.5 Å². The van der Waals surface area contributed by atoms with Gasteiger partial charge in [-0.15, -0.1) is 0 Å². The Labute approximate surface area is 204 Å². The van der Waals surface area contributed by atoms with E-state index in [1.165, 1.54) is 0 Å². The van der Waals surface area contributed by atoms with Crippen molar-refractivity contribution in [3.63, 3.8) is 0 Å². The van der Waals surface area contributed by atoms with Gasteiger partial charge in [0, 0.05) is 25.4 Å². The maximum absolute atomic E-state index is 7.89. The molecule has 0 spiro atoms. The fourth-order valence-corrected chi connectivity index (χ4v) is 3.83. The number of allylic oxidation sites excluding steroid dienone is 1. The van der Waals surface area contributed by atoms with Gasteiger partial charge < -0.3 is 9.30 Å². The number of nitrogens with zero attached hydrogens (tertiary/aromatic N) is 5. The molecule has 0 aromatic carbocycles. The third-order valence-electron chi connectivity index (χ3n) is 5.53. The Morgan fingerprint density at radius 2 is 2.12 bits per heavy atom. The Kier molecular flexibility index (Phi) is 9.04. The van der Waals surface area contributed by atoms with E-state index in [1.54, 1.807) is 18.3 Å². The van der Waals surface area contributed by atoms with Crippen LogP contribution in [0.1, 0.15) is 57.1 Å². The summed E-state index contributed by atoms with van der Waals surface area (Å²) >= 11 is 5.98. The van der Waals surface area contributed by atoms with E-state index in [4.69, 9.17) is 32.1 Å². The molecule has 34 heavy (non-hydrogen) atoms. The van der Waals surface area contributed by atoms with Crippen molar-refractivity contribution in [1.29, 1.82) is 10.8 Å². The molecule has 1 atom stereocenters. The third kappa shape index (κ3) is 6.35. The van der Waals surface area contributed by atoms with Crippen molar-refractivity contribution in [2.45, 2.75) is 53.0 Å². The van der Waals surface area contributed by atoms with Crippen LogP contribution in [0.25, 0.3) is 11.2 Å². The van der Waals surface area contributed by atoms with Crippen molar-refractivity contribution < 1.29 is 4.74 Å². The van der Waals surface area contributed by atoms with Crippen molar-refractivity contribution in [1.82, 2.24) is 19.5 Å². The minimum absolute atomic E-state index is 0.115. The van der Waals surface area contributed by atoms with Gasteiger partial charge in [0.1, 0.15) is 16.5 Å². The molecule has 1 unspecified atom stereocenters. The lowest BCUT2D eigenvalue weighted by atomic mass is 10.00. The highest BCUT2D eigenvalue weighted by Crippen LogP contribution is 2.20. The van der Waals surface area contributed by atoms with Crippen molar-refractivity contribution in [2.75, 3.05) is 0 Å². The molecule has 0 amide bonds. The molecule has 3 aromatic heterocycles. The highest BCUT2D eigenvalue weighted by molar-refractivity contribution is 6.29. The first-order valence-electron chi connectivity index (χ1n) is 11.4. The van der Waals surface area contributed by atoms with Crippen LogP contribution in [0.15, 0.2) is 47.7 Å².